The number of fused-ring (bicyclic) bond motifs is 1. The Balaban J connectivity index is 1.59. The molecule has 37 heavy (non-hydrogen) atoms. The minimum atomic E-state index is -4.50. The summed E-state index contributed by atoms with van der Waals surface area (Å²) in [7, 11) is 1.75. The zero-order valence-electron chi connectivity index (χ0n) is 19.0. The second kappa shape index (κ2) is 9.20. The van der Waals surface area contributed by atoms with E-state index in [9.17, 15) is 22.8 Å². The van der Waals surface area contributed by atoms with Crippen molar-refractivity contribution in [1.82, 2.24) is 39.3 Å². The summed E-state index contributed by atoms with van der Waals surface area (Å²) in [6.45, 7) is -0.394. The van der Waals surface area contributed by atoms with Crippen LogP contribution in [-0.2, 0) is 26.3 Å². The molecular weight excluding hydrogens is 515 g/mol. The van der Waals surface area contributed by atoms with Crippen molar-refractivity contribution in [2.75, 3.05) is 5.32 Å². The smallest absolute Gasteiger partial charge is 0.324 e. The summed E-state index contributed by atoms with van der Waals surface area (Å²) < 4.78 is 42.6. The van der Waals surface area contributed by atoms with Crippen molar-refractivity contribution >= 4 is 34.1 Å². The maximum absolute atomic E-state index is 13.4. The van der Waals surface area contributed by atoms with Gasteiger partial charge in [0, 0.05) is 18.6 Å². The molecule has 0 atom stereocenters. The van der Waals surface area contributed by atoms with Gasteiger partial charge in [-0.1, -0.05) is 23.7 Å². The Labute approximate surface area is 210 Å². The van der Waals surface area contributed by atoms with Crippen LogP contribution in [0.15, 0.2) is 58.4 Å². The lowest BCUT2D eigenvalue weighted by molar-refractivity contribution is -0.137. The van der Waals surface area contributed by atoms with E-state index in [0.717, 1.165) is 26.7 Å². The molecule has 0 saturated heterocycles. The van der Waals surface area contributed by atoms with Gasteiger partial charge in [0.2, 0.25) is 5.95 Å². The molecule has 2 aromatic carbocycles. The van der Waals surface area contributed by atoms with Gasteiger partial charge in [0.05, 0.1) is 41.1 Å². The Morgan fingerprint density at radius 1 is 1.08 bits per heavy atom. The molecule has 0 saturated carbocycles. The maximum atomic E-state index is 13.4. The van der Waals surface area contributed by atoms with Crippen LogP contribution < -0.4 is 16.7 Å². The van der Waals surface area contributed by atoms with E-state index in [0.29, 0.717) is 22.5 Å². The van der Waals surface area contributed by atoms with Crippen LogP contribution >= 0.6 is 11.6 Å². The first-order valence-electron chi connectivity index (χ1n) is 10.7. The number of rotatable bonds is 6. The van der Waals surface area contributed by atoms with Gasteiger partial charge in [0.1, 0.15) is 5.69 Å². The summed E-state index contributed by atoms with van der Waals surface area (Å²) >= 11 is 6.41. The Kier molecular flexibility index (Phi) is 6.03. The van der Waals surface area contributed by atoms with Crippen molar-refractivity contribution in [3.05, 3.63) is 91.6 Å². The zero-order chi connectivity index (χ0) is 26.3. The van der Waals surface area contributed by atoms with Gasteiger partial charge in [-0.25, -0.2) is 14.2 Å². The van der Waals surface area contributed by atoms with Crippen LogP contribution in [0.2, 0.25) is 5.02 Å². The molecule has 190 valence electrons. The topological polar surface area (TPSA) is 128 Å². The summed E-state index contributed by atoms with van der Waals surface area (Å²) in [5, 5.41) is 18.1. The highest BCUT2D eigenvalue weighted by Crippen LogP contribution is 2.30. The molecule has 0 amide bonds. The molecule has 2 N–H and O–H groups in total. The number of benzene rings is 2. The van der Waals surface area contributed by atoms with Crippen LogP contribution in [0.25, 0.3) is 10.9 Å². The minimum absolute atomic E-state index is 0.142. The Morgan fingerprint density at radius 3 is 2.51 bits per heavy atom. The number of alkyl halides is 3. The third-order valence-electron chi connectivity index (χ3n) is 5.51. The number of halogens is 4. The zero-order valence-corrected chi connectivity index (χ0v) is 19.7. The number of H-pyrrole nitrogens is 1. The van der Waals surface area contributed by atoms with Gasteiger partial charge in [-0.3, -0.25) is 9.25 Å². The van der Waals surface area contributed by atoms with Gasteiger partial charge in [0.15, 0.2) is 0 Å². The number of nitrogens with zero attached hydrogens (tertiary/aromatic N) is 7. The highest BCUT2D eigenvalue weighted by Gasteiger charge is 2.30. The van der Waals surface area contributed by atoms with Crippen LogP contribution in [0.3, 0.4) is 0 Å². The highest BCUT2D eigenvalue weighted by molar-refractivity contribution is 6.34. The highest BCUT2D eigenvalue weighted by atomic mass is 35.5. The molecule has 0 aliphatic heterocycles. The van der Waals surface area contributed by atoms with E-state index in [4.69, 9.17) is 11.6 Å². The molecule has 15 heteroatoms. The molecule has 0 spiro atoms. The van der Waals surface area contributed by atoms with Gasteiger partial charge >= 0.3 is 17.6 Å². The molecule has 0 unspecified atom stereocenters. The van der Waals surface area contributed by atoms with Crippen molar-refractivity contribution in [1.29, 1.82) is 0 Å². The second-order valence-electron chi connectivity index (χ2n) is 8.15. The largest absolute Gasteiger partial charge is 0.416 e. The van der Waals surface area contributed by atoms with Gasteiger partial charge in [-0.15, -0.1) is 0 Å². The van der Waals surface area contributed by atoms with Gasteiger partial charge in [0.25, 0.3) is 0 Å². The summed E-state index contributed by atoms with van der Waals surface area (Å²) in [5.74, 6) is -0.142. The number of aromatic nitrogens is 8. The molecular formula is C22H17ClF3N9O2. The van der Waals surface area contributed by atoms with E-state index in [1.807, 2.05) is 0 Å². The first kappa shape index (κ1) is 24.2. The normalized spacial score (nSPS) is 11.8. The van der Waals surface area contributed by atoms with Crippen molar-refractivity contribution in [3.63, 3.8) is 0 Å². The van der Waals surface area contributed by atoms with Gasteiger partial charge < -0.3 is 5.32 Å². The van der Waals surface area contributed by atoms with Crippen LogP contribution in [0.5, 0.6) is 0 Å². The predicted molar refractivity (Wildman–Crippen MR) is 128 cm³/mol. The number of aryl methyl sites for hydroxylation is 1. The Hall–Kier alpha value is -4.46. The lowest BCUT2D eigenvalue weighted by Crippen LogP contribution is -2.43. The number of hydrogen-bond acceptors (Lipinski definition) is 7. The summed E-state index contributed by atoms with van der Waals surface area (Å²) in [4.78, 5) is 30.3. The number of hydrogen-bond donors (Lipinski definition) is 2. The first-order chi connectivity index (χ1) is 17.6. The fraction of sp³-hybridized carbons (Fsp3) is 0.182. The SMILES string of the molecule is Cn1cc2cc(Nc3nc(=O)n(Cc4cn[nH]n4)c(=O)n3Cc3ccc(C(F)(F)F)cc3)c(Cl)cc2n1. The summed E-state index contributed by atoms with van der Waals surface area (Å²) in [6, 6.07) is 7.63. The third-order valence-corrected chi connectivity index (χ3v) is 5.82. The molecule has 0 aliphatic carbocycles. The Bertz CT molecular complexity index is 1710. The standard InChI is InChI=1S/C22H17ClF3N9O2/c1-33-10-13-6-18(16(23)7-17(13)31-33)28-19-29-20(36)35(11-15-8-27-32-30-15)21(37)34(19)9-12-2-4-14(5-3-12)22(24,25)26/h2-8,10H,9,11H2,1H3,(H,27,30,32)(H,28,29,36). The molecule has 3 heterocycles. The van der Waals surface area contributed by atoms with Crippen molar-refractivity contribution < 1.29 is 13.2 Å². The second-order valence-corrected chi connectivity index (χ2v) is 8.55. The molecule has 0 radical (unpaired) electrons. The van der Waals surface area contributed by atoms with Crippen LogP contribution in [-0.4, -0.2) is 39.3 Å². The van der Waals surface area contributed by atoms with E-state index in [1.54, 1.807) is 30.1 Å². The monoisotopic (exact) mass is 531 g/mol. The quantitative estimate of drug-likeness (QED) is 0.345. The molecule has 0 fully saturated rings. The molecule has 0 bridgehead atoms. The third kappa shape index (κ3) is 4.95. The number of anilines is 2. The molecule has 11 nitrogen and oxygen atoms in total. The molecule has 3 aromatic heterocycles. The number of aromatic amines is 1. The lowest BCUT2D eigenvalue weighted by atomic mass is 10.1. The fourth-order valence-corrected chi connectivity index (χ4v) is 3.94. The van der Waals surface area contributed by atoms with Crippen molar-refractivity contribution in [2.45, 2.75) is 19.3 Å². The lowest BCUT2D eigenvalue weighted by Gasteiger charge is -2.16. The average Bonchev–Trinajstić information content (AvgIpc) is 3.47. The number of nitrogens with one attached hydrogen (secondary N) is 2. The summed E-state index contributed by atoms with van der Waals surface area (Å²) in [5.41, 5.74) is -0.775. The van der Waals surface area contributed by atoms with E-state index in [2.05, 4.69) is 30.8 Å². The van der Waals surface area contributed by atoms with E-state index >= 15 is 0 Å². The Morgan fingerprint density at radius 2 is 1.84 bits per heavy atom. The average molecular weight is 532 g/mol. The van der Waals surface area contributed by atoms with Gasteiger partial charge in [-0.05, 0) is 29.8 Å². The van der Waals surface area contributed by atoms with E-state index < -0.39 is 23.1 Å². The van der Waals surface area contributed by atoms with Crippen molar-refractivity contribution in [2.24, 2.45) is 7.05 Å². The van der Waals surface area contributed by atoms with Crippen LogP contribution in [0.4, 0.5) is 24.8 Å². The molecule has 5 aromatic rings. The predicted octanol–water partition coefficient (Wildman–Crippen LogP) is 2.92. The molecule has 0 aliphatic rings. The van der Waals surface area contributed by atoms with Crippen LogP contribution in [0, 0.1) is 0 Å². The van der Waals surface area contributed by atoms with Gasteiger partial charge in [-0.2, -0.15) is 38.7 Å². The molecule has 5 rings (SSSR count). The fourth-order valence-electron chi connectivity index (χ4n) is 3.73. The summed E-state index contributed by atoms with van der Waals surface area (Å²) in [6.07, 6.45) is -1.40. The van der Waals surface area contributed by atoms with Crippen LogP contribution in [0.1, 0.15) is 16.8 Å². The minimum Gasteiger partial charge on any atom is -0.324 e. The van der Waals surface area contributed by atoms with E-state index in [-0.39, 0.29) is 24.1 Å². The van der Waals surface area contributed by atoms with Crippen molar-refractivity contribution in [3.8, 4) is 0 Å². The van der Waals surface area contributed by atoms with E-state index in [1.165, 1.54) is 18.3 Å². The maximum Gasteiger partial charge on any atom is 0.416 e. The first-order valence-corrected chi connectivity index (χ1v) is 11.1.